The molecule has 17 nitrogen and oxygen atoms in total. The highest BCUT2D eigenvalue weighted by Gasteiger charge is 2.30. The largest absolute Gasteiger partial charge is 0.472 e. The Morgan fingerprint density at radius 3 is 0.867 bits per heavy atom. The van der Waals surface area contributed by atoms with Crippen LogP contribution in [0.15, 0.2) is 24.3 Å². The third-order valence-corrected chi connectivity index (χ3v) is 20.5. The summed E-state index contributed by atoms with van der Waals surface area (Å²) >= 11 is 0. The van der Waals surface area contributed by atoms with E-state index in [0.29, 0.717) is 25.7 Å². The van der Waals surface area contributed by atoms with Gasteiger partial charge in [-0.2, -0.15) is 0 Å². The van der Waals surface area contributed by atoms with Crippen LogP contribution >= 0.6 is 15.6 Å². The summed E-state index contributed by atoms with van der Waals surface area (Å²) < 4.78 is 68.5. The number of hydrogen-bond donors (Lipinski definition) is 3. The predicted molar refractivity (Wildman–Crippen MR) is 400 cm³/mol. The quantitative estimate of drug-likeness (QED) is 0.0169. The van der Waals surface area contributed by atoms with Gasteiger partial charge in [-0.05, 0) is 63.2 Å². The Morgan fingerprint density at radius 2 is 0.571 bits per heavy atom. The van der Waals surface area contributed by atoms with Gasteiger partial charge >= 0.3 is 39.5 Å². The van der Waals surface area contributed by atoms with Crippen molar-refractivity contribution in [1.82, 2.24) is 0 Å². The van der Waals surface area contributed by atoms with Gasteiger partial charge in [0.1, 0.15) is 19.3 Å². The molecule has 0 aromatic heterocycles. The van der Waals surface area contributed by atoms with Crippen LogP contribution in [-0.2, 0) is 65.4 Å². The molecule has 0 aliphatic carbocycles. The fourth-order valence-electron chi connectivity index (χ4n) is 11.6. The molecule has 0 amide bonds. The molecule has 0 aliphatic heterocycles. The molecule has 4 unspecified atom stereocenters. The maximum Gasteiger partial charge on any atom is 0.472 e. The van der Waals surface area contributed by atoms with Crippen molar-refractivity contribution < 1.29 is 80.2 Å². The van der Waals surface area contributed by atoms with Crippen LogP contribution in [0.25, 0.3) is 0 Å². The molecule has 0 heterocycles. The second-order valence-electron chi connectivity index (χ2n) is 28.3. The molecule has 0 aliphatic rings. The van der Waals surface area contributed by atoms with Crippen LogP contribution in [-0.4, -0.2) is 96.7 Å². The number of aliphatic hydroxyl groups excluding tert-OH is 1. The third-order valence-electron chi connectivity index (χ3n) is 18.6. The number of hydrogen-bond acceptors (Lipinski definition) is 15. The molecule has 0 fully saturated rings. The molecule has 98 heavy (non-hydrogen) atoms. The smallest absolute Gasteiger partial charge is 0.462 e. The molecular weight excluding hydrogens is 1280 g/mol. The topological polar surface area (TPSA) is 237 Å². The zero-order chi connectivity index (χ0) is 72.1. The molecule has 0 radical (unpaired) electrons. The normalized spacial score (nSPS) is 14.7. The average molecular weight is 1430 g/mol. The summed E-state index contributed by atoms with van der Waals surface area (Å²) in [5.74, 6) is -0.650. The second-order valence-corrected chi connectivity index (χ2v) is 31.2. The first-order chi connectivity index (χ1) is 47.4. The average Bonchev–Trinajstić information content (AvgIpc) is 1.10. The standard InChI is InChI=1S/C79H150O17P2/c1-7-11-13-15-17-19-21-23-25-26-27-28-29-30-32-34-36-38-43-51-57-63-78(83)95-74(67-89-76(81)61-55-49-42-37-35-33-31-24-22-20-18-16-14-12-8-2)69-93-97(85,86)91-65-73(80)66-92-98(87,88)94-70-75(68-90-77(82)62-56-50-46-45-48-54-60-72(6)10-4)96-79(84)64-58-52-44-40-39-41-47-53-59-71(5)9-3/h20,22,24,31,71-75,80H,7-19,21,23,25-30,32-70H2,1-6H3,(H,85,86)(H,87,88)/b22-20-,31-24-/t71?,72?,73-,74-,75-/m1/s1. The third kappa shape index (κ3) is 69.3. The summed E-state index contributed by atoms with van der Waals surface area (Å²) in [6.07, 6.45) is 62.0. The minimum atomic E-state index is -4.97. The lowest BCUT2D eigenvalue weighted by atomic mass is 9.99. The first kappa shape index (κ1) is 95.5. The van der Waals surface area contributed by atoms with Gasteiger partial charge in [0.2, 0.25) is 0 Å². The van der Waals surface area contributed by atoms with Crippen molar-refractivity contribution in [2.75, 3.05) is 39.6 Å². The zero-order valence-corrected chi connectivity index (χ0v) is 65.4. The van der Waals surface area contributed by atoms with Gasteiger partial charge in [0.25, 0.3) is 0 Å². The van der Waals surface area contributed by atoms with Gasteiger partial charge in [0.15, 0.2) is 12.2 Å². The lowest BCUT2D eigenvalue weighted by molar-refractivity contribution is -0.161. The first-order valence-electron chi connectivity index (χ1n) is 40.4. The van der Waals surface area contributed by atoms with E-state index in [4.69, 9.17) is 37.0 Å². The van der Waals surface area contributed by atoms with E-state index in [1.54, 1.807) is 0 Å². The molecule has 0 saturated carbocycles. The minimum Gasteiger partial charge on any atom is -0.462 e. The number of ether oxygens (including phenoxy) is 4. The Bertz CT molecular complexity index is 1990. The van der Waals surface area contributed by atoms with Gasteiger partial charge in [-0.3, -0.25) is 37.3 Å². The molecule has 0 aromatic carbocycles. The van der Waals surface area contributed by atoms with E-state index in [2.05, 4.69) is 65.8 Å². The van der Waals surface area contributed by atoms with Crippen LogP contribution in [0.5, 0.6) is 0 Å². The van der Waals surface area contributed by atoms with Gasteiger partial charge in [-0.1, -0.05) is 336 Å². The highest BCUT2D eigenvalue weighted by Crippen LogP contribution is 2.45. The number of esters is 4. The van der Waals surface area contributed by atoms with Crippen LogP contribution in [0.2, 0.25) is 0 Å². The van der Waals surface area contributed by atoms with Crippen molar-refractivity contribution >= 4 is 39.5 Å². The van der Waals surface area contributed by atoms with Crippen LogP contribution in [0.1, 0.15) is 388 Å². The van der Waals surface area contributed by atoms with Crippen molar-refractivity contribution in [3.63, 3.8) is 0 Å². The summed E-state index contributed by atoms with van der Waals surface area (Å²) in [6.45, 7) is 9.49. The van der Waals surface area contributed by atoms with Crippen LogP contribution in [0, 0.1) is 11.8 Å². The number of aliphatic hydroxyl groups is 1. The number of unbranched alkanes of at least 4 members (excludes halogenated alkanes) is 41. The maximum atomic E-state index is 13.1. The van der Waals surface area contributed by atoms with Crippen molar-refractivity contribution in [2.45, 2.75) is 407 Å². The molecule has 578 valence electrons. The molecule has 0 bridgehead atoms. The lowest BCUT2D eigenvalue weighted by Gasteiger charge is -2.21. The maximum absolute atomic E-state index is 13.1. The second kappa shape index (κ2) is 70.2. The SMILES string of the molecule is CCCCCC/C=C\C=C/CCCCCCCC(=O)OC[C@H](COP(=O)(O)OC[C@@H](O)COP(=O)(O)OC[C@@H](COC(=O)CCCCCCCCC(C)CC)OC(=O)CCCCCCCCCCC(C)CC)OC(=O)CCCCCCCCCCCCCCCCCCCCCCC. The summed E-state index contributed by atoms with van der Waals surface area (Å²) in [6, 6.07) is 0. The Morgan fingerprint density at radius 1 is 0.327 bits per heavy atom. The molecule has 0 spiro atoms. The molecular formula is C79H150O17P2. The van der Waals surface area contributed by atoms with E-state index in [1.165, 1.54) is 180 Å². The highest BCUT2D eigenvalue weighted by atomic mass is 31.2. The van der Waals surface area contributed by atoms with Gasteiger partial charge in [-0.25, -0.2) is 9.13 Å². The Kier molecular flexibility index (Phi) is 68.5. The van der Waals surface area contributed by atoms with E-state index in [0.717, 1.165) is 127 Å². The molecule has 0 aromatic rings. The van der Waals surface area contributed by atoms with Crippen LogP contribution < -0.4 is 0 Å². The number of allylic oxidation sites excluding steroid dienone is 4. The van der Waals surface area contributed by atoms with Crippen molar-refractivity contribution in [1.29, 1.82) is 0 Å². The van der Waals surface area contributed by atoms with Gasteiger partial charge in [0.05, 0.1) is 26.4 Å². The van der Waals surface area contributed by atoms with Gasteiger partial charge in [-0.15, -0.1) is 0 Å². The number of carbonyl (C=O) groups is 4. The lowest BCUT2D eigenvalue weighted by Crippen LogP contribution is -2.30. The van der Waals surface area contributed by atoms with Crippen molar-refractivity contribution in [3.05, 3.63) is 24.3 Å². The van der Waals surface area contributed by atoms with Crippen molar-refractivity contribution in [2.24, 2.45) is 11.8 Å². The van der Waals surface area contributed by atoms with Crippen LogP contribution in [0.4, 0.5) is 0 Å². The Labute approximate surface area is 599 Å². The van der Waals surface area contributed by atoms with E-state index in [9.17, 15) is 43.2 Å². The fourth-order valence-corrected chi connectivity index (χ4v) is 13.2. The summed E-state index contributed by atoms with van der Waals surface area (Å²) in [5.41, 5.74) is 0. The van der Waals surface area contributed by atoms with E-state index >= 15 is 0 Å². The number of carbonyl (C=O) groups excluding carboxylic acids is 4. The summed E-state index contributed by atoms with van der Waals surface area (Å²) in [5, 5.41) is 10.6. The summed E-state index contributed by atoms with van der Waals surface area (Å²) in [7, 11) is -9.93. The fraction of sp³-hybridized carbons (Fsp3) is 0.899. The van der Waals surface area contributed by atoms with Gasteiger partial charge in [0, 0.05) is 25.7 Å². The number of rotatable bonds is 76. The van der Waals surface area contributed by atoms with Gasteiger partial charge < -0.3 is 33.8 Å². The molecule has 0 rings (SSSR count). The number of phosphoric ester groups is 2. The first-order valence-corrected chi connectivity index (χ1v) is 43.4. The van der Waals surface area contributed by atoms with E-state index < -0.39 is 97.5 Å². The molecule has 3 N–H and O–H groups in total. The zero-order valence-electron chi connectivity index (χ0n) is 63.6. The summed E-state index contributed by atoms with van der Waals surface area (Å²) in [4.78, 5) is 72.9. The van der Waals surface area contributed by atoms with Crippen molar-refractivity contribution in [3.8, 4) is 0 Å². The monoisotopic (exact) mass is 1430 g/mol. The predicted octanol–water partition coefficient (Wildman–Crippen LogP) is 23.1. The van der Waals surface area contributed by atoms with E-state index in [1.807, 2.05) is 0 Å². The van der Waals surface area contributed by atoms with Crippen LogP contribution in [0.3, 0.4) is 0 Å². The Balaban J connectivity index is 5.25. The molecule has 19 heteroatoms. The highest BCUT2D eigenvalue weighted by molar-refractivity contribution is 7.47. The number of phosphoric acid groups is 2. The molecule has 0 saturated heterocycles. The molecule has 7 atom stereocenters. The Hall–Kier alpha value is -2.46. The van der Waals surface area contributed by atoms with E-state index in [-0.39, 0.29) is 25.7 Å². The minimum absolute atomic E-state index is 0.102.